The van der Waals surface area contributed by atoms with E-state index in [2.05, 4.69) is 26.8 Å². The Morgan fingerprint density at radius 2 is 2.27 bits per heavy atom. The van der Waals surface area contributed by atoms with Crippen LogP contribution in [-0.4, -0.2) is 12.2 Å². The first-order chi connectivity index (χ1) is 5.20. The molecule has 0 radical (unpaired) electrons. The molecular weight excluding hydrogens is 136 g/mol. The van der Waals surface area contributed by atoms with Gasteiger partial charge in [0.2, 0.25) is 0 Å². The molecule has 11 heavy (non-hydrogen) atoms. The van der Waals surface area contributed by atoms with Crippen LogP contribution in [0.4, 0.5) is 0 Å². The predicted octanol–water partition coefficient (Wildman–Crippen LogP) is 2.38. The monoisotopic (exact) mass is 152 g/mol. The minimum Gasteiger partial charge on any atom is -0.365 e. The molecule has 0 spiro atoms. The quantitative estimate of drug-likeness (QED) is 0.415. The molecule has 0 aromatic carbocycles. The zero-order chi connectivity index (χ0) is 8.01. The van der Waals surface area contributed by atoms with E-state index in [1.165, 1.54) is 12.0 Å². The van der Waals surface area contributed by atoms with Crippen molar-refractivity contribution in [2.24, 2.45) is 11.8 Å². The first-order valence-corrected chi connectivity index (χ1v) is 4.52. The van der Waals surface area contributed by atoms with Crippen LogP contribution in [0.15, 0.2) is 11.6 Å². The maximum Gasteiger partial charge on any atom is 0.105 e. The lowest BCUT2D eigenvalue weighted by molar-refractivity contribution is 0.274. The standard InChI is InChI=1S/C10H16O/c1-6(2)8-5-4-7(3)9-10(8)11-9/h4,6,8-10H,5H2,1-3H3/t8-,9?,10?/m1/s1. The number of fused-ring (bicyclic) bond motifs is 1. The molecule has 1 nitrogen and oxygen atoms in total. The van der Waals surface area contributed by atoms with E-state index >= 15 is 0 Å². The highest BCUT2D eigenvalue weighted by Gasteiger charge is 2.48. The summed E-state index contributed by atoms with van der Waals surface area (Å²) in [7, 11) is 0. The Labute approximate surface area is 68.4 Å². The van der Waals surface area contributed by atoms with Gasteiger partial charge in [0.1, 0.15) is 6.10 Å². The Hall–Kier alpha value is -0.300. The highest BCUT2D eigenvalue weighted by molar-refractivity contribution is 5.20. The maximum absolute atomic E-state index is 5.60. The summed E-state index contributed by atoms with van der Waals surface area (Å²) in [6, 6.07) is 0. The minimum absolute atomic E-state index is 0.496. The van der Waals surface area contributed by atoms with E-state index in [-0.39, 0.29) is 0 Å². The maximum atomic E-state index is 5.60. The van der Waals surface area contributed by atoms with Crippen molar-refractivity contribution >= 4 is 0 Å². The Balaban J connectivity index is 2.09. The van der Waals surface area contributed by atoms with Crippen LogP contribution in [-0.2, 0) is 4.74 Å². The van der Waals surface area contributed by atoms with E-state index in [1.54, 1.807) is 0 Å². The Kier molecular flexibility index (Phi) is 1.57. The largest absolute Gasteiger partial charge is 0.365 e. The molecule has 0 aromatic rings. The fraction of sp³-hybridized carbons (Fsp3) is 0.800. The van der Waals surface area contributed by atoms with Gasteiger partial charge in [0.05, 0.1) is 6.10 Å². The van der Waals surface area contributed by atoms with Gasteiger partial charge in [-0.1, -0.05) is 19.9 Å². The minimum atomic E-state index is 0.496. The van der Waals surface area contributed by atoms with Gasteiger partial charge in [-0.05, 0) is 30.8 Å². The van der Waals surface area contributed by atoms with Crippen LogP contribution in [0.2, 0.25) is 0 Å². The Morgan fingerprint density at radius 3 is 2.91 bits per heavy atom. The number of hydrogen-bond acceptors (Lipinski definition) is 1. The summed E-state index contributed by atoms with van der Waals surface area (Å²) in [6.07, 6.45) is 4.64. The van der Waals surface area contributed by atoms with E-state index in [0.29, 0.717) is 12.2 Å². The summed E-state index contributed by atoms with van der Waals surface area (Å²) in [4.78, 5) is 0. The van der Waals surface area contributed by atoms with Crippen molar-refractivity contribution in [1.82, 2.24) is 0 Å². The third-order valence-electron chi connectivity index (χ3n) is 2.96. The van der Waals surface area contributed by atoms with Gasteiger partial charge in [-0.3, -0.25) is 0 Å². The summed E-state index contributed by atoms with van der Waals surface area (Å²) < 4.78 is 5.60. The number of rotatable bonds is 1. The molecule has 62 valence electrons. The van der Waals surface area contributed by atoms with Crippen LogP contribution in [0, 0.1) is 11.8 Å². The molecule has 3 atom stereocenters. The predicted molar refractivity (Wildman–Crippen MR) is 45.4 cm³/mol. The second kappa shape index (κ2) is 2.34. The molecular formula is C10H16O. The summed E-state index contributed by atoms with van der Waals surface area (Å²) in [5, 5.41) is 0. The second-order valence-electron chi connectivity index (χ2n) is 4.11. The van der Waals surface area contributed by atoms with E-state index in [1.807, 2.05) is 0 Å². The normalized spacial score (nSPS) is 41.8. The van der Waals surface area contributed by atoms with Gasteiger partial charge < -0.3 is 4.74 Å². The van der Waals surface area contributed by atoms with Gasteiger partial charge >= 0.3 is 0 Å². The van der Waals surface area contributed by atoms with Gasteiger partial charge in [0.25, 0.3) is 0 Å². The lowest BCUT2D eigenvalue weighted by Gasteiger charge is -2.20. The lowest BCUT2D eigenvalue weighted by Crippen LogP contribution is -2.20. The molecule has 0 aromatic heterocycles. The van der Waals surface area contributed by atoms with Crippen LogP contribution in [0.5, 0.6) is 0 Å². The van der Waals surface area contributed by atoms with Gasteiger partial charge in [0, 0.05) is 0 Å². The zero-order valence-electron chi connectivity index (χ0n) is 7.50. The third-order valence-corrected chi connectivity index (χ3v) is 2.96. The van der Waals surface area contributed by atoms with E-state index < -0.39 is 0 Å². The van der Waals surface area contributed by atoms with Crippen molar-refractivity contribution < 1.29 is 4.74 Å². The van der Waals surface area contributed by atoms with Gasteiger partial charge in [-0.2, -0.15) is 0 Å². The van der Waals surface area contributed by atoms with Crippen molar-refractivity contribution in [3.05, 3.63) is 11.6 Å². The van der Waals surface area contributed by atoms with Crippen molar-refractivity contribution in [3.8, 4) is 0 Å². The third kappa shape index (κ3) is 1.12. The molecule has 0 amide bonds. The van der Waals surface area contributed by atoms with Gasteiger partial charge in [-0.25, -0.2) is 0 Å². The zero-order valence-corrected chi connectivity index (χ0v) is 7.50. The molecule has 2 unspecified atom stereocenters. The molecule has 0 bridgehead atoms. The average Bonchev–Trinajstić information content (AvgIpc) is 2.66. The summed E-state index contributed by atoms with van der Waals surface area (Å²) in [6.45, 7) is 6.76. The van der Waals surface area contributed by atoms with Gasteiger partial charge in [-0.15, -0.1) is 0 Å². The number of allylic oxidation sites excluding steroid dienone is 1. The van der Waals surface area contributed by atoms with E-state index in [4.69, 9.17) is 4.74 Å². The first kappa shape index (κ1) is 7.35. The number of epoxide rings is 1. The van der Waals surface area contributed by atoms with Crippen molar-refractivity contribution in [3.63, 3.8) is 0 Å². The molecule has 1 heterocycles. The fourth-order valence-corrected chi connectivity index (χ4v) is 2.04. The second-order valence-corrected chi connectivity index (χ2v) is 4.11. The Bertz CT molecular complexity index is 193. The summed E-state index contributed by atoms with van der Waals surface area (Å²) in [5.74, 6) is 1.55. The molecule has 2 rings (SSSR count). The van der Waals surface area contributed by atoms with Crippen LogP contribution in [0.25, 0.3) is 0 Å². The molecule has 1 aliphatic carbocycles. The molecule has 1 heteroatoms. The van der Waals surface area contributed by atoms with Gasteiger partial charge in [0.15, 0.2) is 0 Å². The SMILES string of the molecule is CC1=CC[C@H](C(C)C)C2OC12. The molecule has 1 fully saturated rings. The summed E-state index contributed by atoms with van der Waals surface area (Å²) in [5.41, 5.74) is 1.45. The first-order valence-electron chi connectivity index (χ1n) is 4.52. The molecule has 0 saturated carbocycles. The summed E-state index contributed by atoms with van der Waals surface area (Å²) >= 11 is 0. The fourth-order valence-electron chi connectivity index (χ4n) is 2.04. The Morgan fingerprint density at radius 1 is 1.55 bits per heavy atom. The topological polar surface area (TPSA) is 12.5 Å². The van der Waals surface area contributed by atoms with E-state index in [0.717, 1.165) is 11.8 Å². The lowest BCUT2D eigenvalue weighted by atomic mass is 9.83. The van der Waals surface area contributed by atoms with E-state index in [9.17, 15) is 0 Å². The van der Waals surface area contributed by atoms with Crippen LogP contribution in [0.3, 0.4) is 0 Å². The molecule has 0 N–H and O–H groups in total. The molecule has 1 saturated heterocycles. The van der Waals surface area contributed by atoms with Crippen molar-refractivity contribution in [2.75, 3.05) is 0 Å². The van der Waals surface area contributed by atoms with Crippen LogP contribution >= 0.6 is 0 Å². The number of hydrogen-bond donors (Lipinski definition) is 0. The molecule has 2 aliphatic rings. The highest BCUT2D eigenvalue weighted by Crippen LogP contribution is 2.43. The smallest absolute Gasteiger partial charge is 0.105 e. The van der Waals surface area contributed by atoms with Crippen molar-refractivity contribution in [2.45, 2.75) is 39.4 Å². The molecule has 1 aliphatic heterocycles. The average molecular weight is 152 g/mol. The van der Waals surface area contributed by atoms with Crippen molar-refractivity contribution in [1.29, 1.82) is 0 Å². The number of ether oxygens (including phenoxy) is 1. The van der Waals surface area contributed by atoms with Crippen LogP contribution in [0.1, 0.15) is 27.2 Å². The highest BCUT2D eigenvalue weighted by atomic mass is 16.6. The van der Waals surface area contributed by atoms with Crippen LogP contribution < -0.4 is 0 Å².